The van der Waals surface area contributed by atoms with Gasteiger partial charge in [0.2, 0.25) is 0 Å². The standard InChI is InChI=1S/C12H15N3OS.ClH/c1-3-12(2,13)11-14-8(7-10(16)15-11)9-5-4-6-17-9;/h4-7H,3,13H2,1-2H3,(H,14,15,16);1H. The van der Waals surface area contributed by atoms with Crippen molar-refractivity contribution in [1.82, 2.24) is 9.97 Å². The van der Waals surface area contributed by atoms with Gasteiger partial charge in [0.25, 0.3) is 5.56 Å². The number of nitrogens with zero attached hydrogens (tertiary/aromatic N) is 1. The van der Waals surface area contributed by atoms with Crippen molar-refractivity contribution in [2.24, 2.45) is 5.73 Å². The van der Waals surface area contributed by atoms with Gasteiger partial charge in [-0.2, -0.15) is 0 Å². The lowest BCUT2D eigenvalue weighted by atomic mass is 9.99. The Morgan fingerprint density at radius 1 is 1.56 bits per heavy atom. The number of nitrogens with two attached hydrogens (primary N) is 1. The van der Waals surface area contributed by atoms with Crippen molar-refractivity contribution in [1.29, 1.82) is 0 Å². The van der Waals surface area contributed by atoms with E-state index in [-0.39, 0.29) is 18.0 Å². The van der Waals surface area contributed by atoms with Gasteiger partial charge in [-0.1, -0.05) is 13.0 Å². The molecular weight excluding hydrogens is 270 g/mol. The van der Waals surface area contributed by atoms with Gasteiger partial charge in [0.1, 0.15) is 5.82 Å². The highest BCUT2D eigenvalue weighted by atomic mass is 35.5. The monoisotopic (exact) mass is 285 g/mol. The van der Waals surface area contributed by atoms with E-state index in [1.165, 1.54) is 6.07 Å². The lowest BCUT2D eigenvalue weighted by molar-refractivity contribution is 0.444. The van der Waals surface area contributed by atoms with Gasteiger partial charge in [-0.15, -0.1) is 23.7 Å². The van der Waals surface area contributed by atoms with Crippen molar-refractivity contribution in [3.8, 4) is 10.6 Å². The van der Waals surface area contributed by atoms with Crippen LogP contribution in [0.3, 0.4) is 0 Å². The maximum absolute atomic E-state index is 11.6. The average Bonchev–Trinajstić information content (AvgIpc) is 2.81. The Morgan fingerprint density at radius 3 is 2.83 bits per heavy atom. The number of hydrogen-bond donors (Lipinski definition) is 2. The quantitative estimate of drug-likeness (QED) is 0.910. The molecule has 2 rings (SSSR count). The Balaban J connectivity index is 0.00000162. The largest absolute Gasteiger partial charge is 0.319 e. The molecule has 4 nitrogen and oxygen atoms in total. The highest BCUT2D eigenvalue weighted by Gasteiger charge is 2.22. The summed E-state index contributed by atoms with van der Waals surface area (Å²) in [4.78, 5) is 19.8. The summed E-state index contributed by atoms with van der Waals surface area (Å²) in [5.41, 5.74) is 6.02. The molecule has 2 aromatic rings. The normalized spacial score (nSPS) is 13.7. The van der Waals surface area contributed by atoms with Crippen molar-refractivity contribution < 1.29 is 0 Å². The fourth-order valence-corrected chi connectivity index (χ4v) is 2.13. The van der Waals surface area contributed by atoms with Crippen molar-refractivity contribution in [3.63, 3.8) is 0 Å². The second-order valence-electron chi connectivity index (χ2n) is 4.23. The SMILES string of the molecule is CCC(C)(N)c1nc(-c2cccs2)cc(=O)[nH]1.Cl. The summed E-state index contributed by atoms with van der Waals surface area (Å²) < 4.78 is 0. The molecule has 6 heteroatoms. The summed E-state index contributed by atoms with van der Waals surface area (Å²) in [6, 6.07) is 5.38. The van der Waals surface area contributed by atoms with Gasteiger partial charge in [0.05, 0.1) is 16.1 Å². The van der Waals surface area contributed by atoms with E-state index < -0.39 is 5.54 Å². The van der Waals surface area contributed by atoms with Gasteiger partial charge in [-0.25, -0.2) is 4.98 Å². The minimum absolute atomic E-state index is 0. The van der Waals surface area contributed by atoms with E-state index in [0.717, 1.165) is 4.88 Å². The van der Waals surface area contributed by atoms with Gasteiger partial charge >= 0.3 is 0 Å². The molecule has 1 atom stereocenters. The number of nitrogens with one attached hydrogen (secondary N) is 1. The molecule has 0 aliphatic rings. The summed E-state index contributed by atoms with van der Waals surface area (Å²) in [5.74, 6) is 0.538. The minimum atomic E-state index is -0.605. The fourth-order valence-electron chi connectivity index (χ4n) is 1.45. The zero-order valence-electron chi connectivity index (χ0n) is 10.3. The Hall–Kier alpha value is -1.17. The van der Waals surface area contributed by atoms with Gasteiger partial charge in [-0.05, 0) is 24.8 Å². The zero-order chi connectivity index (χ0) is 12.5. The number of halogens is 1. The van der Waals surface area contributed by atoms with Crippen LogP contribution >= 0.6 is 23.7 Å². The number of thiophene rings is 1. The van der Waals surface area contributed by atoms with E-state index in [1.54, 1.807) is 11.3 Å². The van der Waals surface area contributed by atoms with Crippen LogP contribution in [0.4, 0.5) is 0 Å². The predicted molar refractivity (Wildman–Crippen MR) is 77.2 cm³/mol. The summed E-state index contributed by atoms with van der Waals surface area (Å²) in [5, 5.41) is 1.96. The van der Waals surface area contributed by atoms with E-state index >= 15 is 0 Å². The molecular formula is C12H16ClN3OS. The molecule has 1 unspecified atom stereocenters. The third-order valence-electron chi connectivity index (χ3n) is 2.79. The summed E-state index contributed by atoms with van der Waals surface area (Å²) >= 11 is 1.56. The molecule has 18 heavy (non-hydrogen) atoms. The molecule has 0 spiro atoms. The Kier molecular flexibility index (Phi) is 4.67. The first-order chi connectivity index (χ1) is 8.03. The van der Waals surface area contributed by atoms with Crippen molar-refractivity contribution in [3.05, 3.63) is 39.8 Å². The van der Waals surface area contributed by atoms with Crippen LogP contribution in [0.5, 0.6) is 0 Å². The molecule has 98 valence electrons. The van der Waals surface area contributed by atoms with Crippen molar-refractivity contribution in [2.75, 3.05) is 0 Å². The smallest absolute Gasteiger partial charge is 0.251 e. The molecule has 0 saturated carbocycles. The van der Waals surface area contributed by atoms with Crippen LogP contribution in [-0.2, 0) is 5.54 Å². The van der Waals surface area contributed by atoms with Crippen LogP contribution in [0, 0.1) is 0 Å². The summed E-state index contributed by atoms with van der Waals surface area (Å²) in [6.07, 6.45) is 0.712. The molecule has 0 fully saturated rings. The molecule has 0 bridgehead atoms. The van der Waals surface area contributed by atoms with Crippen LogP contribution in [0.1, 0.15) is 26.1 Å². The van der Waals surface area contributed by atoms with E-state index in [0.29, 0.717) is 17.9 Å². The number of aromatic nitrogens is 2. The molecule has 0 radical (unpaired) electrons. The van der Waals surface area contributed by atoms with Gasteiger partial charge in [0, 0.05) is 6.07 Å². The minimum Gasteiger partial charge on any atom is -0.319 e. The molecule has 2 heterocycles. The first-order valence-corrected chi connectivity index (χ1v) is 6.35. The van der Waals surface area contributed by atoms with Crippen LogP contribution < -0.4 is 11.3 Å². The second-order valence-corrected chi connectivity index (χ2v) is 5.18. The van der Waals surface area contributed by atoms with Gasteiger partial charge < -0.3 is 10.7 Å². The Labute approximate surface area is 116 Å². The average molecular weight is 286 g/mol. The third kappa shape index (κ3) is 2.98. The maximum Gasteiger partial charge on any atom is 0.251 e. The maximum atomic E-state index is 11.6. The van der Waals surface area contributed by atoms with Crippen molar-refractivity contribution in [2.45, 2.75) is 25.8 Å². The molecule has 0 aromatic carbocycles. The molecule has 0 aliphatic heterocycles. The topological polar surface area (TPSA) is 71.8 Å². The van der Waals surface area contributed by atoms with Crippen LogP contribution in [0.15, 0.2) is 28.4 Å². The Bertz CT molecular complexity index is 563. The van der Waals surface area contributed by atoms with E-state index in [9.17, 15) is 4.79 Å². The first kappa shape index (κ1) is 14.9. The van der Waals surface area contributed by atoms with Gasteiger partial charge in [0.15, 0.2) is 0 Å². The lowest BCUT2D eigenvalue weighted by Crippen LogP contribution is -2.36. The molecule has 0 amide bonds. The predicted octanol–water partition coefficient (Wildman–Crippen LogP) is 2.50. The Morgan fingerprint density at radius 2 is 2.28 bits per heavy atom. The van der Waals surface area contributed by atoms with E-state index in [2.05, 4.69) is 9.97 Å². The highest BCUT2D eigenvalue weighted by molar-refractivity contribution is 7.13. The van der Waals surface area contributed by atoms with Crippen LogP contribution in [0.2, 0.25) is 0 Å². The number of aromatic amines is 1. The van der Waals surface area contributed by atoms with Crippen LogP contribution in [-0.4, -0.2) is 9.97 Å². The van der Waals surface area contributed by atoms with Crippen LogP contribution in [0.25, 0.3) is 10.6 Å². The van der Waals surface area contributed by atoms with Gasteiger partial charge in [-0.3, -0.25) is 4.79 Å². The van der Waals surface area contributed by atoms with Crippen molar-refractivity contribution >= 4 is 23.7 Å². The number of rotatable bonds is 3. The molecule has 0 saturated heterocycles. The number of H-pyrrole nitrogens is 1. The highest BCUT2D eigenvalue weighted by Crippen LogP contribution is 2.23. The summed E-state index contributed by atoms with van der Waals surface area (Å²) in [7, 11) is 0. The third-order valence-corrected chi connectivity index (χ3v) is 3.68. The molecule has 3 N–H and O–H groups in total. The zero-order valence-corrected chi connectivity index (χ0v) is 11.9. The first-order valence-electron chi connectivity index (χ1n) is 5.47. The van der Waals surface area contributed by atoms with E-state index in [1.807, 2.05) is 31.4 Å². The van der Waals surface area contributed by atoms with E-state index in [4.69, 9.17) is 5.73 Å². The fraction of sp³-hybridized carbons (Fsp3) is 0.333. The number of hydrogen-bond acceptors (Lipinski definition) is 4. The molecule has 0 aliphatic carbocycles. The lowest BCUT2D eigenvalue weighted by Gasteiger charge is -2.21. The second kappa shape index (κ2) is 5.65. The molecule has 2 aromatic heterocycles. The summed E-state index contributed by atoms with van der Waals surface area (Å²) in [6.45, 7) is 3.83.